The van der Waals surface area contributed by atoms with Crippen LogP contribution in [0.15, 0.2) is 18.2 Å². The van der Waals surface area contributed by atoms with Crippen molar-refractivity contribution in [2.75, 3.05) is 19.0 Å². The van der Waals surface area contributed by atoms with E-state index < -0.39 is 0 Å². The molecule has 0 heterocycles. The third-order valence-electron chi connectivity index (χ3n) is 1.73. The van der Waals surface area contributed by atoms with Crippen molar-refractivity contribution in [3.63, 3.8) is 0 Å². The van der Waals surface area contributed by atoms with E-state index in [1.807, 2.05) is 19.0 Å². The van der Waals surface area contributed by atoms with Crippen molar-refractivity contribution in [3.8, 4) is 0 Å². The Morgan fingerprint density at radius 2 is 2.08 bits per heavy atom. The highest BCUT2D eigenvalue weighted by molar-refractivity contribution is 6.31. The van der Waals surface area contributed by atoms with Crippen LogP contribution in [0.1, 0.15) is 5.56 Å². The molecule has 0 radical (unpaired) electrons. The lowest BCUT2D eigenvalue weighted by Crippen LogP contribution is -2.18. The molecule has 0 saturated heterocycles. The Bertz CT molecular complexity index is 334. The van der Waals surface area contributed by atoms with Gasteiger partial charge in [-0.2, -0.15) is 0 Å². The van der Waals surface area contributed by atoms with E-state index in [1.54, 1.807) is 18.2 Å². The molecule has 0 saturated carbocycles. The van der Waals surface area contributed by atoms with Crippen LogP contribution in [0.3, 0.4) is 0 Å². The molecule has 0 aliphatic heterocycles. The number of rotatable bonds is 2. The topological polar surface area (TPSA) is 53.1 Å². The van der Waals surface area contributed by atoms with Gasteiger partial charge in [0.2, 0.25) is 0 Å². The lowest BCUT2D eigenvalue weighted by molar-refractivity contribution is 1.12. The average molecular weight is 198 g/mol. The van der Waals surface area contributed by atoms with Crippen LogP contribution in [0.5, 0.6) is 0 Å². The summed E-state index contributed by atoms with van der Waals surface area (Å²) >= 11 is 5.83. The molecule has 4 heteroatoms. The SMILES string of the molecule is CN(C)c1cc(Cl)ccc1C(=N)N. The normalized spacial score (nSPS) is 9.77. The Morgan fingerprint density at radius 3 is 2.54 bits per heavy atom. The molecule has 0 fully saturated rings. The van der Waals surface area contributed by atoms with Crippen molar-refractivity contribution in [1.82, 2.24) is 0 Å². The Kier molecular flexibility index (Phi) is 2.78. The lowest BCUT2D eigenvalue weighted by Gasteiger charge is -2.16. The van der Waals surface area contributed by atoms with Gasteiger partial charge in [0.05, 0.1) is 0 Å². The van der Waals surface area contributed by atoms with Crippen molar-refractivity contribution in [1.29, 1.82) is 5.41 Å². The van der Waals surface area contributed by atoms with Gasteiger partial charge in [0, 0.05) is 30.4 Å². The number of amidine groups is 1. The maximum Gasteiger partial charge on any atom is 0.124 e. The van der Waals surface area contributed by atoms with E-state index in [1.165, 1.54) is 0 Å². The molecule has 1 rings (SSSR count). The first-order valence-corrected chi connectivity index (χ1v) is 4.21. The summed E-state index contributed by atoms with van der Waals surface area (Å²) in [6, 6.07) is 5.27. The summed E-state index contributed by atoms with van der Waals surface area (Å²) in [6.07, 6.45) is 0. The molecule has 0 atom stereocenters. The van der Waals surface area contributed by atoms with Crippen molar-refractivity contribution < 1.29 is 0 Å². The highest BCUT2D eigenvalue weighted by Crippen LogP contribution is 2.22. The Morgan fingerprint density at radius 1 is 1.46 bits per heavy atom. The van der Waals surface area contributed by atoms with E-state index in [0.717, 1.165) is 5.69 Å². The second kappa shape index (κ2) is 3.66. The predicted molar refractivity (Wildman–Crippen MR) is 56.8 cm³/mol. The number of nitrogens with two attached hydrogens (primary N) is 1. The molecule has 0 spiro atoms. The van der Waals surface area contributed by atoms with Crippen molar-refractivity contribution >= 4 is 23.1 Å². The van der Waals surface area contributed by atoms with Gasteiger partial charge in [-0.3, -0.25) is 5.41 Å². The molecule has 3 N–H and O–H groups in total. The van der Waals surface area contributed by atoms with Gasteiger partial charge in [-0.15, -0.1) is 0 Å². The fraction of sp³-hybridized carbons (Fsp3) is 0.222. The summed E-state index contributed by atoms with van der Waals surface area (Å²) in [7, 11) is 3.77. The maximum absolute atomic E-state index is 7.35. The van der Waals surface area contributed by atoms with Crippen LogP contribution in [-0.4, -0.2) is 19.9 Å². The standard InChI is InChI=1S/C9H12ClN3/c1-13(2)8-5-6(10)3-4-7(8)9(11)12/h3-5H,1-2H3,(H3,11,12). The minimum atomic E-state index is 0.0559. The zero-order valence-electron chi connectivity index (χ0n) is 7.63. The van der Waals surface area contributed by atoms with E-state index in [9.17, 15) is 0 Å². The summed E-state index contributed by atoms with van der Waals surface area (Å²) in [5, 5.41) is 7.99. The zero-order chi connectivity index (χ0) is 10.0. The van der Waals surface area contributed by atoms with Gasteiger partial charge in [0.1, 0.15) is 5.84 Å². The summed E-state index contributed by atoms with van der Waals surface area (Å²) < 4.78 is 0. The van der Waals surface area contributed by atoms with E-state index in [0.29, 0.717) is 10.6 Å². The fourth-order valence-corrected chi connectivity index (χ4v) is 1.27. The second-order valence-corrected chi connectivity index (χ2v) is 3.41. The van der Waals surface area contributed by atoms with Crippen LogP contribution in [0.4, 0.5) is 5.69 Å². The van der Waals surface area contributed by atoms with Gasteiger partial charge < -0.3 is 10.6 Å². The van der Waals surface area contributed by atoms with Crippen LogP contribution < -0.4 is 10.6 Å². The summed E-state index contributed by atoms with van der Waals surface area (Å²) in [5.74, 6) is 0.0559. The zero-order valence-corrected chi connectivity index (χ0v) is 8.39. The first kappa shape index (κ1) is 9.86. The monoisotopic (exact) mass is 197 g/mol. The van der Waals surface area contributed by atoms with E-state index in [2.05, 4.69) is 0 Å². The van der Waals surface area contributed by atoms with Crippen LogP contribution in [0.25, 0.3) is 0 Å². The molecule has 0 amide bonds. The summed E-state index contributed by atoms with van der Waals surface area (Å²) in [4.78, 5) is 1.88. The second-order valence-electron chi connectivity index (χ2n) is 2.97. The predicted octanol–water partition coefficient (Wildman–Crippen LogP) is 1.69. The average Bonchev–Trinajstić information content (AvgIpc) is 2.03. The fourth-order valence-electron chi connectivity index (χ4n) is 1.10. The first-order valence-electron chi connectivity index (χ1n) is 3.83. The van der Waals surface area contributed by atoms with E-state index in [-0.39, 0.29) is 5.84 Å². The van der Waals surface area contributed by atoms with Gasteiger partial charge in [-0.1, -0.05) is 11.6 Å². The maximum atomic E-state index is 7.35. The van der Waals surface area contributed by atoms with Gasteiger partial charge in [-0.25, -0.2) is 0 Å². The minimum absolute atomic E-state index is 0.0559. The highest BCUT2D eigenvalue weighted by atomic mass is 35.5. The molecule has 0 bridgehead atoms. The Hall–Kier alpha value is -1.22. The molecular weight excluding hydrogens is 186 g/mol. The van der Waals surface area contributed by atoms with Gasteiger partial charge >= 0.3 is 0 Å². The molecule has 0 aromatic heterocycles. The molecule has 0 unspecified atom stereocenters. The van der Waals surface area contributed by atoms with E-state index >= 15 is 0 Å². The largest absolute Gasteiger partial charge is 0.384 e. The van der Waals surface area contributed by atoms with Crippen molar-refractivity contribution in [3.05, 3.63) is 28.8 Å². The number of nitrogens with one attached hydrogen (secondary N) is 1. The Labute approximate surface area is 82.6 Å². The number of halogens is 1. The lowest BCUT2D eigenvalue weighted by atomic mass is 10.1. The molecule has 13 heavy (non-hydrogen) atoms. The quantitative estimate of drug-likeness (QED) is 0.560. The van der Waals surface area contributed by atoms with Crippen molar-refractivity contribution in [2.45, 2.75) is 0 Å². The van der Waals surface area contributed by atoms with Gasteiger partial charge in [0.25, 0.3) is 0 Å². The number of anilines is 1. The van der Waals surface area contributed by atoms with Gasteiger partial charge in [-0.05, 0) is 18.2 Å². The Balaban J connectivity index is 3.26. The van der Waals surface area contributed by atoms with Crippen molar-refractivity contribution in [2.24, 2.45) is 5.73 Å². The molecular formula is C9H12ClN3. The van der Waals surface area contributed by atoms with Crippen LogP contribution in [-0.2, 0) is 0 Å². The number of hydrogen-bond acceptors (Lipinski definition) is 2. The number of benzene rings is 1. The molecule has 0 aliphatic rings. The number of nitrogen functional groups attached to an aromatic ring is 1. The molecule has 1 aromatic carbocycles. The smallest absolute Gasteiger partial charge is 0.124 e. The van der Waals surface area contributed by atoms with Crippen LogP contribution in [0, 0.1) is 5.41 Å². The third kappa shape index (κ3) is 2.12. The molecule has 70 valence electrons. The van der Waals surface area contributed by atoms with Gasteiger partial charge in [0.15, 0.2) is 0 Å². The summed E-state index contributed by atoms with van der Waals surface area (Å²) in [5.41, 5.74) is 6.98. The van der Waals surface area contributed by atoms with E-state index in [4.69, 9.17) is 22.7 Å². The van der Waals surface area contributed by atoms with Crippen LogP contribution in [0.2, 0.25) is 5.02 Å². The molecule has 0 aliphatic carbocycles. The first-order chi connectivity index (χ1) is 6.02. The summed E-state index contributed by atoms with van der Waals surface area (Å²) in [6.45, 7) is 0. The minimum Gasteiger partial charge on any atom is -0.384 e. The molecule has 3 nitrogen and oxygen atoms in total. The third-order valence-corrected chi connectivity index (χ3v) is 1.97. The number of nitrogens with zero attached hydrogens (tertiary/aromatic N) is 1. The number of hydrogen-bond donors (Lipinski definition) is 2. The van der Waals surface area contributed by atoms with Crippen LogP contribution >= 0.6 is 11.6 Å². The molecule has 1 aromatic rings. The highest BCUT2D eigenvalue weighted by Gasteiger charge is 2.07.